The maximum absolute atomic E-state index is 11.8. The van der Waals surface area contributed by atoms with E-state index < -0.39 is 40.4 Å². The summed E-state index contributed by atoms with van der Waals surface area (Å²) < 4.78 is 5.07. The van der Waals surface area contributed by atoms with Crippen LogP contribution in [-0.2, 0) is 19.1 Å². The van der Waals surface area contributed by atoms with Crippen LogP contribution in [-0.4, -0.2) is 39.1 Å². The maximum Gasteiger partial charge on any atom is 0.320 e. The van der Waals surface area contributed by atoms with Crippen LogP contribution in [0.2, 0.25) is 0 Å². The molecule has 0 aromatic carbocycles. The standard InChI is InChI=1S/C11H19NO5S/c1-6(12)10(16)18-7(5-8(13)14)9(15)17-11(2,3)4/h6-7H,5,12H2,1-4H3,(H,13,14)/t6-,7?/m0/s1. The molecule has 0 aromatic heterocycles. The van der Waals surface area contributed by atoms with Gasteiger partial charge in [-0.3, -0.25) is 14.4 Å². The first-order valence-corrected chi connectivity index (χ1v) is 6.31. The highest BCUT2D eigenvalue weighted by Crippen LogP contribution is 2.21. The molecule has 0 radical (unpaired) electrons. The van der Waals surface area contributed by atoms with Crippen LogP contribution < -0.4 is 5.73 Å². The van der Waals surface area contributed by atoms with Crippen LogP contribution >= 0.6 is 11.8 Å². The summed E-state index contributed by atoms with van der Waals surface area (Å²) in [6.07, 6.45) is -0.474. The number of rotatable bonds is 5. The molecular formula is C11H19NO5S. The fourth-order valence-corrected chi connectivity index (χ4v) is 1.81. The van der Waals surface area contributed by atoms with Crippen molar-refractivity contribution in [2.24, 2.45) is 5.73 Å². The van der Waals surface area contributed by atoms with Crippen molar-refractivity contribution in [3.63, 3.8) is 0 Å². The molecule has 0 bridgehead atoms. The highest BCUT2D eigenvalue weighted by Gasteiger charge is 2.30. The average molecular weight is 277 g/mol. The molecule has 0 rings (SSSR count). The highest BCUT2D eigenvalue weighted by atomic mass is 32.2. The lowest BCUT2D eigenvalue weighted by Gasteiger charge is -2.23. The van der Waals surface area contributed by atoms with Crippen LogP contribution in [0.3, 0.4) is 0 Å². The SMILES string of the molecule is C[C@H](N)C(=O)SC(CC(=O)O)C(=O)OC(C)(C)C. The van der Waals surface area contributed by atoms with Crippen molar-refractivity contribution in [1.29, 1.82) is 0 Å². The number of esters is 1. The van der Waals surface area contributed by atoms with E-state index in [0.717, 1.165) is 0 Å². The summed E-state index contributed by atoms with van der Waals surface area (Å²) in [7, 11) is 0. The van der Waals surface area contributed by atoms with Gasteiger partial charge in [-0.05, 0) is 27.7 Å². The molecule has 0 spiro atoms. The number of thioether (sulfide) groups is 1. The van der Waals surface area contributed by atoms with E-state index in [0.29, 0.717) is 11.8 Å². The van der Waals surface area contributed by atoms with E-state index in [1.54, 1.807) is 20.8 Å². The van der Waals surface area contributed by atoms with Gasteiger partial charge in [-0.25, -0.2) is 0 Å². The zero-order valence-corrected chi connectivity index (χ0v) is 11.7. The van der Waals surface area contributed by atoms with Gasteiger partial charge < -0.3 is 15.6 Å². The minimum Gasteiger partial charge on any atom is -0.481 e. The minimum absolute atomic E-state index is 0.438. The van der Waals surface area contributed by atoms with Gasteiger partial charge in [0, 0.05) is 0 Å². The monoisotopic (exact) mass is 277 g/mol. The van der Waals surface area contributed by atoms with Gasteiger partial charge in [0.2, 0.25) is 5.12 Å². The molecule has 0 aromatic rings. The molecule has 104 valence electrons. The van der Waals surface area contributed by atoms with Gasteiger partial charge in [-0.1, -0.05) is 11.8 Å². The second-order valence-corrected chi connectivity index (χ2v) is 6.05. The average Bonchev–Trinajstić information content (AvgIpc) is 2.12. The Bertz CT molecular complexity index is 335. The van der Waals surface area contributed by atoms with Crippen LogP contribution in [0.15, 0.2) is 0 Å². The van der Waals surface area contributed by atoms with Gasteiger partial charge in [0.1, 0.15) is 10.9 Å². The Morgan fingerprint density at radius 2 is 1.83 bits per heavy atom. The van der Waals surface area contributed by atoms with E-state index in [4.69, 9.17) is 15.6 Å². The minimum atomic E-state index is -1.17. The number of carboxylic acids is 1. The Labute approximate surface area is 110 Å². The second-order valence-electron chi connectivity index (χ2n) is 4.85. The summed E-state index contributed by atoms with van der Waals surface area (Å²) in [6, 6.07) is -0.756. The molecular weight excluding hydrogens is 258 g/mol. The zero-order valence-electron chi connectivity index (χ0n) is 10.9. The van der Waals surface area contributed by atoms with Crippen molar-refractivity contribution in [2.75, 3.05) is 0 Å². The summed E-state index contributed by atoms with van der Waals surface area (Å²) in [5.74, 6) is -1.89. The van der Waals surface area contributed by atoms with Gasteiger partial charge in [0.25, 0.3) is 0 Å². The van der Waals surface area contributed by atoms with Crippen molar-refractivity contribution >= 4 is 28.8 Å². The number of carbonyl (C=O) groups excluding carboxylic acids is 2. The lowest BCUT2D eigenvalue weighted by atomic mass is 10.2. The lowest BCUT2D eigenvalue weighted by molar-refractivity contribution is -0.156. The Kier molecular flexibility index (Phi) is 6.34. The molecule has 18 heavy (non-hydrogen) atoms. The van der Waals surface area contributed by atoms with Crippen molar-refractivity contribution in [1.82, 2.24) is 0 Å². The van der Waals surface area contributed by atoms with Crippen LogP contribution in [0.4, 0.5) is 0 Å². The Balaban J connectivity index is 4.72. The molecule has 0 fully saturated rings. The second kappa shape index (κ2) is 6.75. The summed E-state index contributed by atoms with van der Waals surface area (Å²) >= 11 is 0.611. The molecule has 0 saturated heterocycles. The van der Waals surface area contributed by atoms with Gasteiger partial charge in [0.05, 0.1) is 12.5 Å². The first-order chi connectivity index (χ1) is 8.03. The molecule has 0 aliphatic rings. The molecule has 0 amide bonds. The van der Waals surface area contributed by atoms with Crippen LogP contribution in [0, 0.1) is 0 Å². The number of carboxylic acid groups (broad SMARTS) is 1. The third-order valence-corrected chi connectivity index (χ3v) is 2.91. The first-order valence-electron chi connectivity index (χ1n) is 5.43. The molecule has 0 saturated carbocycles. The molecule has 7 heteroatoms. The predicted molar refractivity (Wildman–Crippen MR) is 68.1 cm³/mol. The molecule has 1 unspecified atom stereocenters. The third kappa shape index (κ3) is 7.29. The quantitative estimate of drug-likeness (QED) is 0.715. The van der Waals surface area contributed by atoms with Gasteiger partial charge in [-0.15, -0.1) is 0 Å². The highest BCUT2D eigenvalue weighted by molar-refractivity contribution is 8.14. The number of hydrogen-bond acceptors (Lipinski definition) is 6. The summed E-state index contributed by atoms with van der Waals surface area (Å²) in [4.78, 5) is 33.9. The number of ether oxygens (including phenoxy) is 1. The lowest BCUT2D eigenvalue weighted by Crippen LogP contribution is -2.34. The van der Waals surface area contributed by atoms with Crippen LogP contribution in [0.5, 0.6) is 0 Å². The molecule has 3 N–H and O–H groups in total. The van der Waals surface area contributed by atoms with Crippen LogP contribution in [0.1, 0.15) is 34.1 Å². The summed E-state index contributed by atoms with van der Waals surface area (Å²) in [5.41, 5.74) is 4.64. The Morgan fingerprint density at radius 1 is 1.33 bits per heavy atom. The summed E-state index contributed by atoms with van der Waals surface area (Å²) in [6.45, 7) is 6.48. The Morgan fingerprint density at radius 3 is 2.17 bits per heavy atom. The maximum atomic E-state index is 11.8. The van der Waals surface area contributed by atoms with Gasteiger partial charge in [0.15, 0.2) is 0 Å². The van der Waals surface area contributed by atoms with E-state index in [9.17, 15) is 14.4 Å². The molecule has 0 aliphatic carbocycles. The molecule has 2 atom stereocenters. The normalized spacial score (nSPS) is 14.7. The van der Waals surface area contributed by atoms with Crippen molar-refractivity contribution in [3.05, 3.63) is 0 Å². The fraction of sp³-hybridized carbons (Fsp3) is 0.727. The van der Waals surface area contributed by atoms with Gasteiger partial charge >= 0.3 is 11.9 Å². The van der Waals surface area contributed by atoms with E-state index in [1.807, 2.05) is 0 Å². The van der Waals surface area contributed by atoms with Crippen molar-refractivity contribution in [3.8, 4) is 0 Å². The number of carbonyl (C=O) groups is 3. The van der Waals surface area contributed by atoms with E-state index in [-0.39, 0.29) is 0 Å². The van der Waals surface area contributed by atoms with Crippen molar-refractivity contribution < 1.29 is 24.2 Å². The van der Waals surface area contributed by atoms with E-state index in [1.165, 1.54) is 6.92 Å². The zero-order chi connectivity index (χ0) is 14.5. The summed E-state index contributed by atoms with van der Waals surface area (Å²) in [5, 5.41) is 7.21. The number of hydrogen-bond donors (Lipinski definition) is 2. The van der Waals surface area contributed by atoms with E-state index in [2.05, 4.69) is 0 Å². The van der Waals surface area contributed by atoms with Gasteiger partial charge in [-0.2, -0.15) is 0 Å². The largest absolute Gasteiger partial charge is 0.481 e. The predicted octanol–water partition coefficient (Wildman–Crippen LogP) is 0.778. The smallest absolute Gasteiger partial charge is 0.320 e. The molecule has 6 nitrogen and oxygen atoms in total. The number of nitrogens with two attached hydrogens (primary N) is 1. The molecule has 0 aliphatic heterocycles. The third-order valence-electron chi connectivity index (χ3n) is 1.66. The fourth-order valence-electron chi connectivity index (χ4n) is 0.947. The first kappa shape index (κ1) is 16.9. The van der Waals surface area contributed by atoms with Crippen LogP contribution in [0.25, 0.3) is 0 Å². The number of aliphatic carboxylic acids is 1. The Hall–Kier alpha value is -1.08. The van der Waals surface area contributed by atoms with E-state index >= 15 is 0 Å². The van der Waals surface area contributed by atoms with Crippen molar-refractivity contribution in [2.45, 2.75) is 51.0 Å². The topological polar surface area (TPSA) is 107 Å². The molecule has 0 heterocycles.